The molecule has 3 nitrogen and oxygen atoms in total. The summed E-state index contributed by atoms with van der Waals surface area (Å²) < 4.78 is 3.22. The molecule has 1 aliphatic carbocycles. The van der Waals surface area contributed by atoms with Crippen LogP contribution in [0.3, 0.4) is 0 Å². The van der Waals surface area contributed by atoms with Crippen molar-refractivity contribution in [3.63, 3.8) is 0 Å². The SMILES string of the molecule is Brc1cnn(C2CCN(C3CCC3)CC2)c1. The van der Waals surface area contributed by atoms with Gasteiger partial charge in [0.15, 0.2) is 0 Å². The van der Waals surface area contributed by atoms with Gasteiger partial charge in [-0.25, -0.2) is 0 Å². The third-order valence-electron chi connectivity index (χ3n) is 4.03. The lowest BCUT2D eigenvalue weighted by Crippen LogP contribution is -2.45. The zero-order valence-electron chi connectivity index (χ0n) is 9.48. The summed E-state index contributed by atoms with van der Waals surface area (Å²) in [5, 5.41) is 4.39. The van der Waals surface area contributed by atoms with E-state index in [4.69, 9.17) is 0 Å². The molecule has 2 aliphatic rings. The number of halogens is 1. The van der Waals surface area contributed by atoms with E-state index in [9.17, 15) is 0 Å². The third kappa shape index (κ3) is 2.05. The van der Waals surface area contributed by atoms with Gasteiger partial charge in [-0.1, -0.05) is 6.42 Å². The minimum absolute atomic E-state index is 0.614. The van der Waals surface area contributed by atoms with Gasteiger partial charge in [0.1, 0.15) is 0 Å². The summed E-state index contributed by atoms with van der Waals surface area (Å²) in [6, 6.07) is 1.52. The average Bonchev–Trinajstić information content (AvgIpc) is 2.63. The Morgan fingerprint density at radius 1 is 1.12 bits per heavy atom. The molecular formula is C12H18BrN3. The van der Waals surface area contributed by atoms with Gasteiger partial charge < -0.3 is 4.90 Å². The zero-order valence-corrected chi connectivity index (χ0v) is 11.1. The fourth-order valence-electron chi connectivity index (χ4n) is 2.78. The van der Waals surface area contributed by atoms with Gasteiger partial charge in [0, 0.05) is 25.3 Å². The summed E-state index contributed by atoms with van der Waals surface area (Å²) >= 11 is 3.46. The molecule has 0 atom stereocenters. The standard InChI is InChI=1S/C12H18BrN3/c13-10-8-14-16(9-10)12-4-6-15(7-5-12)11-2-1-3-11/h8-9,11-12H,1-7H2. The molecular weight excluding hydrogens is 266 g/mol. The van der Waals surface area contributed by atoms with Crippen LogP contribution in [0.5, 0.6) is 0 Å². The van der Waals surface area contributed by atoms with Gasteiger partial charge in [-0.3, -0.25) is 4.68 Å². The highest BCUT2D eigenvalue weighted by atomic mass is 79.9. The van der Waals surface area contributed by atoms with Crippen molar-refractivity contribution >= 4 is 15.9 Å². The molecule has 0 radical (unpaired) electrons. The first-order valence-corrected chi connectivity index (χ1v) is 7.06. The van der Waals surface area contributed by atoms with Crippen molar-refractivity contribution in [3.8, 4) is 0 Å². The minimum atomic E-state index is 0.614. The van der Waals surface area contributed by atoms with Gasteiger partial charge in [-0.2, -0.15) is 5.10 Å². The van der Waals surface area contributed by atoms with Crippen LogP contribution < -0.4 is 0 Å². The molecule has 1 aliphatic heterocycles. The highest BCUT2D eigenvalue weighted by molar-refractivity contribution is 9.10. The molecule has 2 fully saturated rings. The molecule has 1 aromatic rings. The largest absolute Gasteiger partial charge is 0.300 e. The average molecular weight is 284 g/mol. The first kappa shape index (κ1) is 10.8. The summed E-state index contributed by atoms with van der Waals surface area (Å²) in [5.74, 6) is 0. The highest BCUT2D eigenvalue weighted by Crippen LogP contribution is 2.30. The number of nitrogens with zero attached hydrogens (tertiary/aromatic N) is 3. The van der Waals surface area contributed by atoms with E-state index in [-0.39, 0.29) is 0 Å². The first-order valence-electron chi connectivity index (χ1n) is 6.26. The van der Waals surface area contributed by atoms with E-state index in [0.717, 1.165) is 10.5 Å². The molecule has 88 valence electrons. The number of aromatic nitrogens is 2. The smallest absolute Gasteiger partial charge is 0.0632 e. The molecule has 0 amide bonds. The van der Waals surface area contributed by atoms with E-state index in [0.29, 0.717) is 6.04 Å². The van der Waals surface area contributed by atoms with Crippen LogP contribution in [0.1, 0.15) is 38.1 Å². The van der Waals surface area contributed by atoms with Crippen LogP contribution in [0.15, 0.2) is 16.9 Å². The van der Waals surface area contributed by atoms with E-state index in [1.54, 1.807) is 0 Å². The second kappa shape index (κ2) is 4.49. The Hall–Kier alpha value is -0.350. The molecule has 1 saturated carbocycles. The van der Waals surface area contributed by atoms with Crippen LogP contribution in [0.25, 0.3) is 0 Å². The Bertz CT molecular complexity index is 351. The summed E-state index contributed by atoms with van der Waals surface area (Å²) in [7, 11) is 0. The Morgan fingerprint density at radius 2 is 1.88 bits per heavy atom. The molecule has 0 bridgehead atoms. The Labute approximate surface area is 105 Å². The van der Waals surface area contributed by atoms with Crippen LogP contribution in [0, 0.1) is 0 Å². The lowest BCUT2D eigenvalue weighted by atomic mass is 9.89. The predicted octanol–water partition coefficient (Wildman–Crippen LogP) is 2.84. The molecule has 0 aromatic carbocycles. The van der Waals surface area contributed by atoms with E-state index < -0.39 is 0 Å². The topological polar surface area (TPSA) is 21.1 Å². The zero-order chi connectivity index (χ0) is 11.0. The summed E-state index contributed by atoms with van der Waals surface area (Å²) in [5.41, 5.74) is 0. The van der Waals surface area contributed by atoms with Crippen molar-refractivity contribution in [3.05, 3.63) is 16.9 Å². The Morgan fingerprint density at radius 3 is 2.38 bits per heavy atom. The summed E-state index contributed by atoms with van der Waals surface area (Å²) in [4.78, 5) is 2.68. The van der Waals surface area contributed by atoms with Crippen LogP contribution >= 0.6 is 15.9 Å². The maximum Gasteiger partial charge on any atom is 0.0632 e. The van der Waals surface area contributed by atoms with Crippen LogP contribution in [0.4, 0.5) is 0 Å². The van der Waals surface area contributed by atoms with E-state index in [1.165, 1.54) is 45.2 Å². The maximum absolute atomic E-state index is 4.39. The lowest BCUT2D eigenvalue weighted by Gasteiger charge is -2.41. The molecule has 0 N–H and O–H groups in total. The van der Waals surface area contributed by atoms with E-state index in [1.807, 2.05) is 6.20 Å². The maximum atomic E-state index is 4.39. The number of piperidine rings is 1. The molecule has 1 saturated heterocycles. The second-order valence-electron chi connectivity index (χ2n) is 4.99. The van der Waals surface area contributed by atoms with E-state index in [2.05, 4.69) is 36.8 Å². The van der Waals surface area contributed by atoms with Crippen LogP contribution in [-0.2, 0) is 0 Å². The molecule has 0 unspecified atom stereocenters. The van der Waals surface area contributed by atoms with Gasteiger partial charge in [-0.15, -0.1) is 0 Å². The Kier molecular flexibility index (Phi) is 3.03. The number of hydrogen-bond donors (Lipinski definition) is 0. The molecule has 0 spiro atoms. The normalized spacial score (nSPS) is 24.6. The van der Waals surface area contributed by atoms with Crippen molar-refractivity contribution in [2.75, 3.05) is 13.1 Å². The molecule has 1 aromatic heterocycles. The molecule has 3 rings (SSSR count). The number of rotatable bonds is 2. The third-order valence-corrected chi connectivity index (χ3v) is 4.44. The Balaban J connectivity index is 1.57. The summed E-state index contributed by atoms with van der Waals surface area (Å²) in [6.45, 7) is 2.51. The number of hydrogen-bond acceptors (Lipinski definition) is 2. The van der Waals surface area contributed by atoms with Crippen LogP contribution in [-0.4, -0.2) is 33.8 Å². The van der Waals surface area contributed by atoms with Gasteiger partial charge in [0.05, 0.1) is 16.7 Å². The van der Waals surface area contributed by atoms with Crippen molar-refractivity contribution in [1.29, 1.82) is 0 Å². The molecule has 2 heterocycles. The fourth-order valence-corrected chi connectivity index (χ4v) is 3.08. The second-order valence-corrected chi connectivity index (χ2v) is 5.91. The predicted molar refractivity (Wildman–Crippen MR) is 67.4 cm³/mol. The monoisotopic (exact) mass is 283 g/mol. The lowest BCUT2D eigenvalue weighted by molar-refractivity contribution is 0.0842. The van der Waals surface area contributed by atoms with Crippen molar-refractivity contribution < 1.29 is 0 Å². The summed E-state index contributed by atoms with van der Waals surface area (Å²) in [6.07, 6.45) is 10.8. The van der Waals surface area contributed by atoms with Gasteiger partial charge in [0.2, 0.25) is 0 Å². The van der Waals surface area contributed by atoms with Crippen molar-refractivity contribution in [2.24, 2.45) is 0 Å². The first-order chi connectivity index (χ1) is 7.83. The van der Waals surface area contributed by atoms with Crippen LogP contribution in [0.2, 0.25) is 0 Å². The van der Waals surface area contributed by atoms with Gasteiger partial charge in [-0.05, 0) is 41.6 Å². The van der Waals surface area contributed by atoms with Crippen molar-refractivity contribution in [1.82, 2.24) is 14.7 Å². The quantitative estimate of drug-likeness (QED) is 0.832. The molecule has 4 heteroatoms. The molecule has 16 heavy (non-hydrogen) atoms. The number of likely N-dealkylation sites (tertiary alicyclic amines) is 1. The van der Waals surface area contributed by atoms with E-state index >= 15 is 0 Å². The highest BCUT2D eigenvalue weighted by Gasteiger charge is 2.29. The van der Waals surface area contributed by atoms with Gasteiger partial charge in [0.25, 0.3) is 0 Å². The van der Waals surface area contributed by atoms with Crippen molar-refractivity contribution in [2.45, 2.75) is 44.2 Å². The van der Waals surface area contributed by atoms with Gasteiger partial charge >= 0.3 is 0 Å². The fraction of sp³-hybridized carbons (Fsp3) is 0.750. The minimum Gasteiger partial charge on any atom is -0.300 e.